The number of halogens is 1. The van der Waals surface area contributed by atoms with Crippen LogP contribution in [0.1, 0.15) is 44.4 Å². The molecule has 1 aromatic heterocycles. The predicted molar refractivity (Wildman–Crippen MR) is 81.0 cm³/mol. The molecule has 1 fully saturated rings. The number of Topliss-reactive ketones (excluding diaryl/α,β-unsaturated/α-hetero) is 1. The first-order valence-electron chi connectivity index (χ1n) is 6.82. The molecule has 1 aliphatic carbocycles. The van der Waals surface area contributed by atoms with Gasteiger partial charge in [0.25, 0.3) is 0 Å². The molecule has 0 aliphatic heterocycles. The van der Waals surface area contributed by atoms with Gasteiger partial charge in [0.05, 0.1) is 0 Å². The van der Waals surface area contributed by atoms with Crippen LogP contribution in [-0.4, -0.2) is 5.78 Å². The van der Waals surface area contributed by atoms with Gasteiger partial charge in [0.2, 0.25) is 0 Å². The number of carbonyl (C=O) groups is 1. The van der Waals surface area contributed by atoms with Crippen LogP contribution in [0.2, 0.25) is 0 Å². The molecule has 1 heterocycles. The Morgan fingerprint density at radius 3 is 2.56 bits per heavy atom. The number of rotatable bonds is 4. The summed E-state index contributed by atoms with van der Waals surface area (Å²) in [6.07, 6.45) is 5.30. The highest BCUT2D eigenvalue weighted by Crippen LogP contribution is 2.34. The highest BCUT2D eigenvalue weighted by molar-refractivity contribution is 9.10. The number of hydrogen-bond donors (Lipinski definition) is 0. The fourth-order valence-corrected chi connectivity index (χ4v) is 4.36. The maximum absolute atomic E-state index is 12.3. The Bertz CT molecular complexity index is 402. The molecule has 1 nitrogen and oxygen atoms in total. The summed E-state index contributed by atoms with van der Waals surface area (Å²) in [7, 11) is 0. The SMILES string of the molecule is CC(C)C1CCC(C(=O)Cc2sccc2Br)CC1. The molecule has 1 saturated carbocycles. The topological polar surface area (TPSA) is 17.1 Å². The minimum absolute atomic E-state index is 0.314. The monoisotopic (exact) mass is 328 g/mol. The van der Waals surface area contributed by atoms with Crippen LogP contribution >= 0.6 is 27.3 Å². The summed E-state index contributed by atoms with van der Waals surface area (Å²) < 4.78 is 1.09. The molecule has 0 saturated heterocycles. The van der Waals surface area contributed by atoms with Gasteiger partial charge >= 0.3 is 0 Å². The van der Waals surface area contributed by atoms with Crippen LogP contribution in [0.25, 0.3) is 0 Å². The lowest BCUT2D eigenvalue weighted by atomic mass is 9.75. The van der Waals surface area contributed by atoms with Crippen molar-refractivity contribution in [2.75, 3.05) is 0 Å². The zero-order valence-corrected chi connectivity index (χ0v) is 13.5. The van der Waals surface area contributed by atoms with Gasteiger partial charge in [-0.1, -0.05) is 13.8 Å². The van der Waals surface area contributed by atoms with Crippen molar-refractivity contribution in [3.05, 3.63) is 20.8 Å². The second-order valence-electron chi connectivity index (χ2n) is 5.69. The molecule has 0 N–H and O–H groups in total. The summed E-state index contributed by atoms with van der Waals surface area (Å²) in [5, 5.41) is 2.04. The van der Waals surface area contributed by atoms with Crippen molar-refractivity contribution in [2.24, 2.45) is 17.8 Å². The summed E-state index contributed by atoms with van der Waals surface area (Å²) in [6.45, 7) is 4.60. The number of ketones is 1. The summed E-state index contributed by atoms with van der Waals surface area (Å²) in [5.41, 5.74) is 0. The highest BCUT2D eigenvalue weighted by Gasteiger charge is 2.27. The summed E-state index contributed by atoms with van der Waals surface area (Å²) in [6, 6.07) is 2.03. The van der Waals surface area contributed by atoms with Gasteiger partial charge < -0.3 is 0 Å². The van der Waals surface area contributed by atoms with E-state index in [1.165, 1.54) is 17.7 Å². The van der Waals surface area contributed by atoms with E-state index in [1.807, 2.05) is 11.4 Å². The van der Waals surface area contributed by atoms with Crippen LogP contribution in [0.5, 0.6) is 0 Å². The minimum Gasteiger partial charge on any atom is -0.299 e. The fraction of sp³-hybridized carbons (Fsp3) is 0.667. The van der Waals surface area contributed by atoms with Crippen LogP contribution in [-0.2, 0) is 11.2 Å². The molecule has 1 aromatic rings. The van der Waals surface area contributed by atoms with Crippen molar-refractivity contribution in [1.29, 1.82) is 0 Å². The van der Waals surface area contributed by atoms with Crippen molar-refractivity contribution in [3.8, 4) is 0 Å². The second-order valence-corrected chi connectivity index (χ2v) is 7.55. The van der Waals surface area contributed by atoms with E-state index in [2.05, 4.69) is 29.8 Å². The average molecular weight is 329 g/mol. The molecular weight excluding hydrogens is 308 g/mol. The van der Waals surface area contributed by atoms with Gasteiger partial charge in [-0.05, 0) is 64.9 Å². The lowest BCUT2D eigenvalue weighted by Crippen LogP contribution is -2.25. The lowest BCUT2D eigenvalue weighted by Gasteiger charge is -2.30. The van der Waals surface area contributed by atoms with Gasteiger partial charge in [-0.15, -0.1) is 11.3 Å². The standard InChI is InChI=1S/C15H21BrOS/c1-10(2)11-3-5-12(6-4-11)14(17)9-15-13(16)7-8-18-15/h7-8,10-12H,3-6,9H2,1-2H3. The molecule has 0 unspecified atom stereocenters. The smallest absolute Gasteiger partial charge is 0.141 e. The Hall–Kier alpha value is -0.150. The van der Waals surface area contributed by atoms with Crippen LogP contribution < -0.4 is 0 Å². The van der Waals surface area contributed by atoms with Crippen LogP contribution in [0, 0.1) is 17.8 Å². The molecule has 0 aromatic carbocycles. The number of hydrogen-bond acceptors (Lipinski definition) is 2. The van der Waals surface area contributed by atoms with E-state index in [4.69, 9.17) is 0 Å². The third kappa shape index (κ3) is 3.45. The molecule has 0 spiro atoms. The van der Waals surface area contributed by atoms with E-state index in [1.54, 1.807) is 11.3 Å². The van der Waals surface area contributed by atoms with Gasteiger partial charge in [0.15, 0.2) is 0 Å². The van der Waals surface area contributed by atoms with Crippen LogP contribution in [0.3, 0.4) is 0 Å². The van der Waals surface area contributed by atoms with E-state index in [0.717, 1.165) is 29.2 Å². The second kappa shape index (κ2) is 6.33. The van der Waals surface area contributed by atoms with E-state index in [0.29, 0.717) is 18.1 Å². The van der Waals surface area contributed by atoms with E-state index in [9.17, 15) is 4.79 Å². The quantitative estimate of drug-likeness (QED) is 0.752. The van der Waals surface area contributed by atoms with Crippen molar-refractivity contribution < 1.29 is 4.79 Å². The molecule has 0 radical (unpaired) electrons. The summed E-state index contributed by atoms with van der Waals surface area (Å²) >= 11 is 5.19. The molecule has 1 aliphatic rings. The third-order valence-electron chi connectivity index (χ3n) is 4.20. The molecule has 100 valence electrons. The molecule has 0 atom stereocenters. The third-order valence-corrected chi connectivity index (χ3v) is 6.12. The van der Waals surface area contributed by atoms with Crippen molar-refractivity contribution in [1.82, 2.24) is 0 Å². The molecule has 2 rings (SSSR count). The van der Waals surface area contributed by atoms with Gasteiger partial charge in [0.1, 0.15) is 5.78 Å². The Labute approximate surface area is 122 Å². The minimum atomic E-state index is 0.314. The van der Waals surface area contributed by atoms with E-state index >= 15 is 0 Å². The van der Waals surface area contributed by atoms with Crippen molar-refractivity contribution >= 4 is 33.0 Å². The molecule has 0 amide bonds. The Morgan fingerprint density at radius 1 is 1.39 bits per heavy atom. The highest BCUT2D eigenvalue weighted by atomic mass is 79.9. The van der Waals surface area contributed by atoms with E-state index < -0.39 is 0 Å². The Kier molecular flexibility index (Phi) is 5.02. The fourth-order valence-electron chi connectivity index (χ4n) is 2.86. The van der Waals surface area contributed by atoms with Gasteiger partial charge in [-0.3, -0.25) is 4.79 Å². The zero-order chi connectivity index (χ0) is 13.1. The maximum atomic E-state index is 12.3. The van der Waals surface area contributed by atoms with Crippen molar-refractivity contribution in [3.63, 3.8) is 0 Å². The predicted octanol–water partition coefficient (Wildman–Crippen LogP) is 5.08. The van der Waals surface area contributed by atoms with Crippen LogP contribution in [0.4, 0.5) is 0 Å². The first-order chi connectivity index (χ1) is 8.58. The van der Waals surface area contributed by atoms with Crippen LogP contribution in [0.15, 0.2) is 15.9 Å². The Balaban J connectivity index is 1.86. The summed E-state index contributed by atoms with van der Waals surface area (Å²) in [5.74, 6) is 2.37. The normalized spacial score (nSPS) is 24.4. The average Bonchev–Trinajstić information content (AvgIpc) is 2.75. The lowest BCUT2D eigenvalue weighted by molar-refractivity contribution is -0.123. The molecule has 3 heteroatoms. The van der Waals surface area contributed by atoms with Gasteiger partial charge in [-0.2, -0.15) is 0 Å². The molecule has 0 bridgehead atoms. The van der Waals surface area contributed by atoms with Gasteiger partial charge in [-0.25, -0.2) is 0 Å². The summed E-state index contributed by atoms with van der Waals surface area (Å²) in [4.78, 5) is 13.5. The Morgan fingerprint density at radius 2 is 2.06 bits per heavy atom. The first kappa shape index (κ1) is 14.3. The van der Waals surface area contributed by atoms with Crippen molar-refractivity contribution in [2.45, 2.75) is 46.0 Å². The molecule has 18 heavy (non-hydrogen) atoms. The maximum Gasteiger partial charge on any atom is 0.141 e. The number of thiophene rings is 1. The largest absolute Gasteiger partial charge is 0.299 e. The van der Waals surface area contributed by atoms with Gasteiger partial charge in [0, 0.05) is 21.7 Å². The zero-order valence-electron chi connectivity index (χ0n) is 11.1. The number of carbonyl (C=O) groups excluding carboxylic acids is 1. The van der Waals surface area contributed by atoms with E-state index in [-0.39, 0.29) is 0 Å². The first-order valence-corrected chi connectivity index (χ1v) is 8.49. The molecular formula is C15H21BrOS.